The molecule has 1 unspecified atom stereocenters. The summed E-state index contributed by atoms with van der Waals surface area (Å²) in [5, 5.41) is 7.74. The van der Waals surface area contributed by atoms with Gasteiger partial charge in [0.2, 0.25) is 5.95 Å². The van der Waals surface area contributed by atoms with Crippen molar-refractivity contribution >= 4 is 11.8 Å². The highest BCUT2D eigenvalue weighted by atomic mass is 16.5. The highest BCUT2D eigenvalue weighted by molar-refractivity contribution is 5.41. The van der Waals surface area contributed by atoms with Gasteiger partial charge in [-0.15, -0.1) is 0 Å². The van der Waals surface area contributed by atoms with Gasteiger partial charge in [-0.2, -0.15) is 4.98 Å². The van der Waals surface area contributed by atoms with E-state index >= 15 is 0 Å². The van der Waals surface area contributed by atoms with Gasteiger partial charge in [0.1, 0.15) is 11.6 Å². The zero-order valence-corrected chi connectivity index (χ0v) is 14.3. The quantitative estimate of drug-likeness (QED) is 0.870. The predicted molar refractivity (Wildman–Crippen MR) is 92.1 cm³/mol. The number of anilines is 2. The van der Waals surface area contributed by atoms with Crippen LogP contribution in [0.3, 0.4) is 0 Å². The third-order valence-electron chi connectivity index (χ3n) is 4.61. The third-order valence-corrected chi connectivity index (χ3v) is 4.61. The summed E-state index contributed by atoms with van der Waals surface area (Å²) in [5.74, 6) is 3.31. The van der Waals surface area contributed by atoms with Crippen LogP contribution in [0.25, 0.3) is 0 Å². The molecular formula is C17H24N6O. The van der Waals surface area contributed by atoms with Gasteiger partial charge in [-0.05, 0) is 25.3 Å². The molecule has 1 atom stereocenters. The van der Waals surface area contributed by atoms with Crippen molar-refractivity contribution < 1.29 is 4.52 Å². The molecule has 2 aromatic heterocycles. The molecule has 1 saturated heterocycles. The molecule has 0 radical (unpaired) electrons. The molecule has 2 aromatic rings. The van der Waals surface area contributed by atoms with Gasteiger partial charge in [0, 0.05) is 58.0 Å². The Morgan fingerprint density at radius 3 is 3.00 bits per heavy atom. The van der Waals surface area contributed by atoms with Crippen molar-refractivity contribution in [2.75, 3.05) is 37.4 Å². The summed E-state index contributed by atoms with van der Waals surface area (Å²) in [5.41, 5.74) is 1.05. The van der Waals surface area contributed by atoms with E-state index in [2.05, 4.69) is 31.4 Å². The van der Waals surface area contributed by atoms with Crippen LogP contribution in [0.4, 0.5) is 11.8 Å². The molecule has 1 aliphatic carbocycles. The van der Waals surface area contributed by atoms with Crippen LogP contribution in [0.1, 0.15) is 36.6 Å². The molecule has 0 amide bonds. The number of hydrogen-bond acceptors (Lipinski definition) is 7. The van der Waals surface area contributed by atoms with E-state index in [0.717, 1.165) is 49.3 Å². The number of hydrogen-bond donors (Lipinski definition) is 1. The van der Waals surface area contributed by atoms with E-state index in [9.17, 15) is 0 Å². The van der Waals surface area contributed by atoms with E-state index in [1.165, 1.54) is 12.8 Å². The van der Waals surface area contributed by atoms with Crippen molar-refractivity contribution in [1.82, 2.24) is 20.0 Å². The van der Waals surface area contributed by atoms with Crippen LogP contribution in [-0.4, -0.2) is 53.3 Å². The molecule has 0 bridgehead atoms. The molecule has 128 valence electrons. The zero-order chi connectivity index (χ0) is 16.5. The first-order valence-electron chi connectivity index (χ1n) is 8.62. The van der Waals surface area contributed by atoms with E-state index in [-0.39, 0.29) is 0 Å². The number of nitrogens with one attached hydrogen (secondary N) is 1. The van der Waals surface area contributed by atoms with Crippen LogP contribution in [0.5, 0.6) is 0 Å². The van der Waals surface area contributed by atoms with E-state index in [1.54, 1.807) is 6.20 Å². The topological polar surface area (TPSA) is 70.3 Å². The monoisotopic (exact) mass is 328 g/mol. The second kappa shape index (κ2) is 6.39. The van der Waals surface area contributed by atoms with Crippen molar-refractivity contribution in [3.8, 4) is 0 Å². The van der Waals surface area contributed by atoms with E-state index in [4.69, 9.17) is 4.52 Å². The van der Waals surface area contributed by atoms with Crippen LogP contribution in [0.2, 0.25) is 0 Å². The molecular weight excluding hydrogens is 304 g/mol. The Morgan fingerprint density at radius 2 is 2.21 bits per heavy atom. The van der Waals surface area contributed by atoms with Crippen molar-refractivity contribution in [2.45, 2.75) is 37.8 Å². The second-order valence-corrected chi connectivity index (χ2v) is 7.00. The van der Waals surface area contributed by atoms with Crippen molar-refractivity contribution in [3.63, 3.8) is 0 Å². The van der Waals surface area contributed by atoms with Crippen LogP contribution >= 0.6 is 0 Å². The Morgan fingerprint density at radius 1 is 1.33 bits per heavy atom. The maximum absolute atomic E-state index is 5.44. The third kappa shape index (κ3) is 3.51. The lowest BCUT2D eigenvalue weighted by Crippen LogP contribution is -2.26. The standard InChI is InChI=1S/C17H24N6O/c1-22(2)17-18-7-5-16(20-17)19-13-6-8-23(10-13)11-14-9-15(24-21-14)12-3-4-12/h5,7,9,12-13H,3-4,6,8,10-11H2,1-2H3,(H,18,19,20). The Labute approximate surface area is 142 Å². The summed E-state index contributed by atoms with van der Waals surface area (Å²) in [7, 11) is 3.90. The number of rotatable bonds is 6. The fourth-order valence-electron chi connectivity index (χ4n) is 3.14. The van der Waals surface area contributed by atoms with Gasteiger partial charge in [0.25, 0.3) is 0 Å². The fraction of sp³-hybridized carbons (Fsp3) is 0.588. The molecule has 0 spiro atoms. The van der Waals surface area contributed by atoms with Gasteiger partial charge in [0.15, 0.2) is 0 Å². The molecule has 3 heterocycles. The smallest absolute Gasteiger partial charge is 0.226 e. The highest BCUT2D eigenvalue weighted by Gasteiger charge is 2.29. The lowest BCUT2D eigenvalue weighted by molar-refractivity contribution is 0.308. The normalized spacial score (nSPS) is 21.2. The van der Waals surface area contributed by atoms with Gasteiger partial charge in [-0.3, -0.25) is 4.90 Å². The van der Waals surface area contributed by atoms with Gasteiger partial charge in [-0.1, -0.05) is 5.16 Å². The van der Waals surface area contributed by atoms with Crippen LogP contribution in [0, 0.1) is 0 Å². The van der Waals surface area contributed by atoms with Crippen LogP contribution in [-0.2, 0) is 6.54 Å². The van der Waals surface area contributed by atoms with Gasteiger partial charge in [-0.25, -0.2) is 4.98 Å². The summed E-state index contributed by atoms with van der Waals surface area (Å²) >= 11 is 0. The lowest BCUT2D eigenvalue weighted by Gasteiger charge is -2.17. The predicted octanol–water partition coefficient (Wildman–Crippen LogP) is 2.09. The molecule has 2 aliphatic rings. The molecule has 1 N–H and O–H groups in total. The zero-order valence-electron chi connectivity index (χ0n) is 14.3. The van der Waals surface area contributed by atoms with E-state index in [0.29, 0.717) is 12.0 Å². The molecule has 0 aromatic carbocycles. The van der Waals surface area contributed by atoms with E-state index < -0.39 is 0 Å². The van der Waals surface area contributed by atoms with Crippen molar-refractivity contribution in [3.05, 3.63) is 29.8 Å². The molecule has 1 saturated carbocycles. The maximum Gasteiger partial charge on any atom is 0.226 e. The molecule has 24 heavy (non-hydrogen) atoms. The first-order valence-corrected chi connectivity index (χ1v) is 8.62. The minimum absolute atomic E-state index is 0.407. The van der Waals surface area contributed by atoms with Crippen LogP contribution < -0.4 is 10.2 Å². The largest absolute Gasteiger partial charge is 0.366 e. The first-order chi connectivity index (χ1) is 11.7. The number of nitrogens with zero attached hydrogens (tertiary/aromatic N) is 5. The van der Waals surface area contributed by atoms with Crippen LogP contribution in [0.15, 0.2) is 22.9 Å². The number of likely N-dealkylation sites (tertiary alicyclic amines) is 1. The second-order valence-electron chi connectivity index (χ2n) is 7.00. The molecule has 4 rings (SSSR count). The van der Waals surface area contributed by atoms with Gasteiger partial charge >= 0.3 is 0 Å². The first kappa shape index (κ1) is 15.4. The van der Waals surface area contributed by atoms with Crippen molar-refractivity contribution in [1.29, 1.82) is 0 Å². The minimum atomic E-state index is 0.407. The summed E-state index contributed by atoms with van der Waals surface area (Å²) < 4.78 is 5.44. The summed E-state index contributed by atoms with van der Waals surface area (Å²) in [4.78, 5) is 13.1. The lowest BCUT2D eigenvalue weighted by atomic mass is 10.2. The summed E-state index contributed by atoms with van der Waals surface area (Å²) in [6.45, 7) is 2.92. The van der Waals surface area contributed by atoms with Crippen molar-refractivity contribution in [2.24, 2.45) is 0 Å². The Bertz CT molecular complexity index is 696. The SMILES string of the molecule is CN(C)c1nccc(NC2CCN(Cc3cc(C4CC4)on3)C2)n1. The molecule has 7 nitrogen and oxygen atoms in total. The Hall–Kier alpha value is -2.15. The molecule has 2 fully saturated rings. The Balaban J connectivity index is 1.31. The highest BCUT2D eigenvalue weighted by Crippen LogP contribution is 2.40. The summed E-state index contributed by atoms with van der Waals surface area (Å²) in [6, 6.07) is 4.46. The maximum atomic E-state index is 5.44. The minimum Gasteiger partial charge on any atom is -0.366 e. The van der Waals surface area contributed by atoms with Gasteiger partial charge in [0.05, 0.1) is 5.69 Å². The molecule has 7 heteroatoms. The number of aromatic nitrogens is 3. The summed E-state index contributed by atoms with van der Waals surface area (Å²) in [6.07, 6.45) is 5.40. The van der Waals surface area contributed by atoms with E-state index in [1.807, 2.05) is 25.1 Å². The average Bonchev–Trinajstić information content (AvgIpc) is 3.17. The average molecular weight is 328 g/mol. The fourth-order valence-corrected chi connectivity index (χ4v) is 3.14. The molecule has 1 aliphatic heterocycles. The Kier molecular flexibility index (Phi) is 4.10. The van der Waals surface area contributed by atoms with Gasteiger partial charge < -0.3 is 14.7 Å².